The van der Waals surface area contributed by atoms with E-state index in [0.717, 1.165) is 31.9 Å². The zero-order chi connectivity index (χ0) is 14.3. The molecule has 0 atom stereocenters. The van der Waals surface area contributed by atoms with Gasteiger partial charge in [-0.1, -0.05) is 12.8 Å². The first-order valence-corrected chi connectivity index (χ1v) is 7.00. The van der Waals surface area contributed by atoms with Crippen molar-refractivity contribution in [2.75, 3.05) is 18.0 Å². The van der Waals surface area contributed by atoms with E-state index in [9.17, 15) is 9.59 Å². The van der Waals surface area contributed by atoms with Crippen molar-refractivity contribution in [2.45, 2.75) is 25.7 Å². The first kappa shape index (κ1) is 13.0. The van der Waals surface area contributed by atoms with E-state index in [1.165, 1.54) is 17.4 Å². The van der Waals surface area contributed by atoms with Crippen LogP contribution in [0.1, 0.15) is 25.7 Å². The van der Waals surface area contributed by atoms with Gasteiger partial charge in [0, 0.05) is 27.2 Å². The van der Waals surface area contributed by atoms with E-state index < -0.39 is 5.69 Å². The third-order valence-corrected chi connectivity index (χ3v) is 4.00. The van der Waals surface area contributed by atoms with Crippen LogP contribution in [0.15, 0.2) is 9.59 Å². The number of aromatic nitrogens is 4. The molecule has 1 saturated heterocycles. The average Bonchev–Trinajstić information content (AvgIpc) is 2.62. The van der Waals surface area contributed by atoms with Crippen molar-refractivity contribution in [1.29, 1.82) is 0 Å². The van der Waals surface area contributed by atoms with Crippen LogP contribution < -0.4 is 16.1 Å². The topological polar surface area (TPSA) is 75.9 Å². The quantitative estimate of drug-likeness (QED) is 0.815. The number of anilines is 1. The van der Waals surface area contributed by atoms with E-state index in [-0.39, 0.29) is 5.56 Å². The number of aromatic amines is 1. The van der Waals surface area contributed by atoms with Gasteiger partial charge in [0.1, 0.15) is 0 Å². The molecule has 0 unspecified atom stereocenters. The van der Waals surface area contributed by atoms with Crippen LogP contribution in [0.3, 0.4) is 0 Å². The van der Waals surface area contributed by atoms with Crippen LogP contribution in [0.4, 0.5) is 5.95 Å². The number of aryl methyl sites for hydroxylation is 2. The maximum Gasteiger partial charge on any atom is 0.329 e. The maximum atomic E-state index is 12.0. The molecular weight excluding hydrogens is 258 g/mol. The molecule has 7 nitrogen and oxygen atoms in total. The van der Waals surface area contributed by atoms with Gasteiger partial charge in [-0.05, 0) is 12.8 Å². The van der Waals surface area contributed by atoms with E-state index in [0.29, 0.717) is 11.2 Å². The van der Waals surface area contributed by atoms with Gasteiger partial charge in [0.05, 0.1) is 0 Å². The molecule has 0 spiro atoms. The van der Waals surface area contributed by atoms with Gasteiger partial charge in [-0.2, -0.15) is 4.98 Å². The molecule has 0 bridgehead atoms. The Bertz CT molecular complexity index is 746. The molecule has 2 aromatic heterocycles. The molecule has 0 saturated carbocycles. The predicted molar refractivity (Wildman–Crippen MR) is 77.3 cm³/mol. The van der Waals surface area contributed by atoms with Crippen molar-refractivity contribution in [1.82, 2.24) is 19.1 Å². The highest BCUT2D eigenvalue weighted by molar-refractivity contribution is 5.74. The summed E-state index contributed by atoms with van der Waals surface area (Å²) in [6.07, 6.45) is 4.75. The molecule has 2 aromatic rings. The van der Waals surface area contributed by atoms with Crippen LogP contribution in [0.5, 0.6) is 0 Å². The standard InChI is InChI=1S/C13H19N5O2/c1-16-9-10(17(2)13(20)15-11(9)19)14-12(16)18-7-5-3-4-6-8-18/h3-8H2,1-2H3,(H,15,19,20). The van der Waals surface area contributed by atoms with Gasteiger partial charge in [0.25, 0.3) is 5.56 Å². The van der Waals surface area contributed by atoms with E-state index in [1.54, 1.807) is 11.6 Å². The third kappa shape index (κ3) is 1.93. The fraction of sp³-hybridized carbons (Fsp3) is 0.615. The second-order valence-corrected chi connectivity index (χ2v) is 5.36. The Morgan fingerprint density at radius 1 is 1.00 bits per heavy atom. The molecule has 20 heavy (non-hydrogen) atoms. The lowest BCUT2D eigenvalue weighted by molar-refractivity contribution is 0.726. The molecule has 1 aliphatic rings. The van der Waals surface area contributed by atoms with Gasteiger partial charge >= 0.3 is 5.69 Å². The van der Waals surface area contributed by atoms with Gasteiger partial charge in [-0.3, -0.25) is 14.3 Å². The molecule has 0 radical (unpaired) electrons. The van der Waals surface area contributed by atoms with Crippen LogP contribution in [0, 0.1) is 0 Å². The SMILES string of the molecule is Cn1c(N2CCCCCC2)nc2c1c(=O)[nH]c(=O)n2C. The third-order valence-electron chi connectivity index (χ3n) is 4.00. The Morgan fingerprint density at radius 3 is 2.30 bits per heavy atom. The molecule has 1 aliphatic heterocycles. The lowest BCUT2D eigenvalue weighted by atomic mass is 10.2. The Kier molecular flexibility index (Phi) is 3.11. The smallest absolute Gasteiger partial charge is 0.329 e. The summed E-state index contributed by atoms with van der Waals surface area (Å²) in [5.41, 5.74) is 0.0917. The number of nitrogens with one attached hydrogen (secondary N) is 1. The number of rotatable bonds is 1. The van der Waals surface area contributed by atoms with Crippen LogP contribution >= 0.6 is 0 Å². The largest absolute Gasteiger partial charge is 0.342 e. The number of fused-ring (bicyclic) bond motifs is 1. The molecule has 0 amide bonds. The van der Waals surface area contributed by atoms with E-state index in [2.05, 4.69) is 14.9 Å². The highest BCUT2D eigenvalue weighted by Gasteiger charge is 2.20. The first-order valence-electron chi connectivity index (χ1n) is 7.00. The van der Waals surface area contributed by atoms with Crippen molar-refractivity contribution < 1.29 is 0 Å². The van der Waals surface area contributed by atoms with E-state index in [1.807, 2.05) is 7.05 Å². The average molecular weight is 277 g/mol. The zero-order valence-corrected chi connectivity index (χ0v) is 11.8. The summed E-state index contributed by atoms with van der Waals surface area (Å²) in [4.78, 5) is 32.7. The number of hydrogen-bond acceptors (Lipinski definition) is 4. The van der Waals surface area contributed by atoms with Crippen molar-refractivity contribution in [3.63, 3.8) is 0 Å². The number of nitrogens with zero attached hydrogens (tertiary/aromatic N) is 4. The molecule has 108 valence electrons. The molecule has 1 N–H and O–H groups in total. The minimum absolute atomic E-state index is 0.376. The zero-order valence-electron chi connectivity index (χ0n) is 11.8. The number of hydrogen-bond donors (Lipinski definition) is 1. The fourth-order valence-electron chi connectivity index (χ4n) is 2.85. The number of imidazole rings is 1. The van der Waals surface area contributed by atoms with Crippen molar-refractivity contribution in [3.05, 3.63) is 20.8 Å². The summed E-state index contributed by atoms with van der Waals surface area (Å²) >= 11 is 0. The molecular formula is C13H19N5O2. The molecule has 1 fully saturated rings. The lowest BCUT2D eigenvalue weighted by Crippen LogP contribution is -2.29. The molecule has 3 heterocycles. The highest BCUT2D eigenvalue weighted by atomic mass is 16.2. The second-order valence-electron chi connectivity index (χ2n) is 5.36. The summed E-state index contributed by atoms with van der Waals surface area (Å²) in [5.74, 6) is 0.772. The summed E-state index contributed by atoms with van der Waals surface area (Å²) in [7, 11) is 3.45. The van der Waals surface area contributed by atoms with Crippen LogP contribution in [0.25, 0.3) is 11.2 Å². The second kappa shape index (κ2) is 4.81. The van der Waals surface area contributed by atoms with Crippen LogP contribution in [-0.4, -0.2) is 32.2 Å². The monoisotopic (exact) mass is 277 g/mol. The van der Waals surface area contributed by atoms with E-state index >= 15 is 0 Å². The van der Waals surface area contributed by atoms with Gasteiger partial charge in [0.2, 0.25) is 5.95 Å². The maximum absolute atomic E-state index is 12.0. The minimum atomic E-state index is -0.428. The molecule has 0 aliphatic carbocycles. The summed E-state index contributed by atoms with van der Waals surface area (Å²) in [6.45, 7) is 1.89. The fourth-order valence-corrected chi connectivity index (χ4v) is 2.85. The summed E-state index contributed by atoms with van der Waals surface area (Å²) < 4.78 is 3.18. The van der Waals surface area contributed by atoms with Crippen molar-refractivity contribution >= 4 is 17.1 Å². The lowest BCUT2D eigenvalue weighted by Gasteiger charge is -2.20. The molecule has 0 aromatic carbocycles. The number of H-pyrrole nitrogens is 1. The normalized spacial score (nSPS) is 16.6. The molecule has 3 rings (SSSR count). The minimum Gasteiger partial charge on any atom is -0.342 e. The Balaban J connectivity index is 2.20. The molecule has 7 heteroatoms. The first-order chi connectivity index (χ1) is 9.59. The Morgan fingerprint density at radius 2 is 1.65 bits per heavy atom. The Labute approximate surface area is 115 Å². The van der Waals surface area contributed by atoms with Gasteiger partial charge in [0.15, 0.2) is 11.2 Å². The predicted octanol–water partition coefficient (Wildman–Crippen LogP) is 0.341. The Hall–Kier alpha value is -2.05. The van der Waals surface area contributed by atoms with Gasteiger partial charge in [-0.25, -0.2) is 4.79 Å². The van der Waals surface area contributed by atoms with Crippen LogP contribution in [0.2, 0.25) is 0 Å². The van der Waals surface area contributed by atoms with Gasteiger partial charge in [-0.15, -0.1) is 0 Å². The van der Waals surface area contributed by atoms with Gasteiger partial charge < -0.3 is 9.47 Å². The van der Waals surface area contributed by atoms with Crippen molar-refractivity contribution in [2.24, 2.45) is 14.1 Å². The van der Waals surface area contributed by atoms with E-state index in [4.69, 9.17) is 0 Å². The summed E-state index contributed by atoms with van der Waals surface area (Å²) in [5, 5.41) is 0. The van der Waals surface area contributed by atoms with Crippen LogP contribution in [-0.2, 0) is 14.1 Å². The summed E-state index contributed by atoms with van der Waals surface area (Å²) in [6, 6.07) is 0. The highest BCUT2D eigenvalue weighted by Crippen LogP contribution is 2.20. The van der Waals surface area contributed by atoms with Crippen molar-refractivity contribution in [3.8, 4) is 0 Å².